The van der Waals surface area contributed by atoms with Crippen LogP contribution in [0.25, 0.3) is 6.08 Å². The van der Waals surface area contributed by atoms with Crippen molar-refractivity contribution in [2.45, 2.75) is 10.1 Å². The maximum atomic E-state index is 13.4. The van der Waals surface area contributed by atoms with Gasteiger partial charge in [-0.05, 0) is 83.9 Å². The summed E-state index contributed by atoms with van der Waals surface area (Å²) >= 11 is 7.65. The summed E-state index contributed by atoms with van der Waals surface area (Å²) in [6.45, 7) is 0. The second kappa shape index (κ2) is 15.6. The van der Waals surface area contributed by atoms with Gasteiger partial charge in [0.15, 0.2) is 0 Å². The van der Waals surface area contributed by atoms with Crippen LogP contribution >= 0.6 is 23.4 Å². The van der Waals surface area contributed by atoms with E-state index in [4.69, 9.17) is 16.7 Å². The lowest BCUT2D eigenvalue weighted by molar-refractivity contribution is -0.116. The number of carboxylic acid groups (broad SMARTS) is 1. The lowest BCUT2D eigenvalue weighted by atomic mass is 10.1. The number of anilines is 2. The lowest BCUT2D eigenvalue weighted by Gasteiger charge is -2.18. The Morgan fingerprint density at radius 2 is 1.23 bits per heavy atom. The van der Waals surface area contributed by atoms with Gasteiger partial charge in [0.25, 0.3) is 11.8 Å². The lowest BCUT2D eigenvalue weighted by Crippen LogP contribution is -2.30. The Labute approximate surface area is 280 Å². The van der Waals surface area contributed by atoms with E-state index in [9.17, 15) is 19.2 Å². The Morgan fingerprint density at radius 1 is 0.660 bits per heavy atom. The molecule has 5 rings (SSSR count). The first-order valence-corrected chi connectivity index (χ1v) is 15.6. The van der Waals surface area contributed by atoms with Crippen LogP contribution < -0.4 is 16.0 Å². The van der Waals surface area contributed by atoms with Gasteiger partial charge in [-0.2, -0.15) is 0 Å². The highest BCUT2D eigenvalue weighted by molar-refractivity contribution is 8.00. The molecular weight excluding hydrogens is 634 g/mol. The van der Waals surface area contributed by atoms with Gasteiger partial charge in [-0.15, -0.1) is 11.8 Å². The highest BCUT2D eigenvalue weighted by Crippen LogP contribution is 2.37. The molecule has 10 heteroatoms. The molecule has 5 aromatic rings. The molecule has 0 fully saturated rings. The van der Waals surface area contributed by atoms with Crippen LogP contribution in [0.4, 0.5) is 11.4 Å². The SMILES string of the molecule is O=C(Nc1ccc(SC(C(=O)Nc2ccc(C(=O)O)cc2)c2ccccc2)cc1)/C(=C/c1ccccc1Cl)NC(=O)c1ccccc1. The van der Waals surface area contributed by atoms with E-state index in [1.54, 1.807) is 91.0 Å². The molecule has 0 aliphatic rings. The fourth-order valence-electron chi connectivity index (χ4n) is 4.45. The molecule has 0 aliphatic carbocycles. The predicted molar refractivity (Wildman–Crippen MR) is 185 cm³/mol. The number of carbonyl (C=O) groups excluding carboxylic acids is 3. The maximum absolute atomic E-state index is 13.4. The number of halogens is 1. The molecule has 0 radical (unpaired) electrons. The van der Waals surface area contributed by atoms with Crippen molar-refractivity contribution in [2.24, 2.45) is 0 Å². The van der Waals surface area contributed by atoms with Gasteiger partial charge in [-0.1, -0.05) is 78.3 Å². The van der Waals surface area contributed by atoms with Gasteiger partial charge in [-0.25, -0.2) is 4.79 Å². The summed E-state index contributed by atoms with van der Waals surface area (Å²) in [5, 5.41) is 17.3. The second-order valence-corrected chi connectivity index (χ2v) is 11.7. The highest BCUT2D eigenvalue weighted by Gasteiger charge is 2.23. The number of aromatic carboxylic acids is 1. The van der Waals surface area contributed by atoms with Gasteiger partial charge >= 0.3 is 5.97 Å². The zero-order valence-corrected chi connectivity index (χ0v) is 26.3. The van der Waals surface area contributed by atoms with Crippen LogP contribution in [0.5, 0.6) is 0 Å². The summed E-state index contributed by atoms with van der Waals surface area (Å²) in [5.74, 6) is -2.34. The summed E-state index contributed by atoms with van der Waals surface area (Å²) < 4.78 is 0. The number of rotatable bonds is 11. The van der Waals surface area contributed by atoms with Crippen molar-refractivity contribution in [1.82, 2.24) is 5.32 Å². The van der Waals surface area contributed by atoms with E-state index in [0.29, 0.717) is 27.5 Å². The molecule has 0 saturated carbocycles. The number of amides is 3. The normalized spacial score (nSPS) is 11.6. The van der Waals surface area contributed by atoms with Crippen LogP contribution in [0.2, 0.25) is 5.02 Å². The molecule has 0 aliphatic heterocycles. The summed E-state index contributed by atoms with van der Waals surface area (Å²) in [6, 6.07) is 37.7. The average molecular weight is 662 g/mol. The van der Waals surface area contributed by atoms with Gasteiger partial charge in [-0.3, -0.25) is 14.4 Å². The van der Waals surface area contributed by atoms with Crippen LogP contribution in [0.1, 0.15) is 37.1 Å². The number of hydrogen-bond acceptors (Lipinski definition) is 5. The predicted octanol–water partition coefficient (Wildman–Crippen LogP) is 7.92. The minimum absolute atomic E-state index is 0.00241. The van der Waals surface area contributed by atoms with Crippen molar-refractivity contribution in [3.05, 3.63) is 166 Å². The third kappa shape index (κ3) is 8.97. The molecule has 3 amide bonds. The minimum Gasteiger partial charge on any atom is -0.478 e. The van der Waals surface area contributed by atoms with Gasteiger partial charge in [0.05, 0.1) is 5.56 Å². The van der Waals surface area contributed by atoms with Crippen LogP contribution in [0.15, 0.2) is 144 Å². The Balaban J connectivity index is 1.32. The van der Waals surface area contributed by atoms with E-state index in [0.717, 1.165) is 10.5 Å². The second-order valence-electron chi connectivity index (χ2n) is 10.2. The number of thioether (sulfide) groups is 1. The first kappa shape index (κ1) is 32.7. The van der Waals surface area contributed by atoms with Crippen molar-refractivity contribution >= 4 is 64.5 Å². The Kier molecular flexibility index (Phi) is 10.9. The first-order valence-electron chi connectivity index (χ1n) is 14.4. The van der Waals surface area contributed by atoms with Gasteiger partial charge < -0.3 is 21.1 Å². The summed E-state index contributed by atoms with van der Waals surface area (Å²) in [6.07, 6.45) is 1.51. The number of hydrogen-bond donors (Lipinski definition) is 4. The topological polar surface area (TPSA) is 125 Å². The van der Waals surface area contributed by atoms with Gasteiger partial charge in [0.1, 0.15) is 10.9 Å². The van der Waals surface area contributed by atoms with Crippen LogP contribution in [0, 0.1) is 0 Å². The Morgan fingerprint density at radius 3 is 1.87 bits per heavy atom. The third-order valence-electron chi connectivity index (χ3n) is 6.84. The van der Waals surface area contributed by atoms with Crippen LogP contribution in [0.3, 0.4) is 0 Å². The monoisotopic (exact) mass is 661 g/mol. The highest BCUT2D eigenvalue weighted by atomic mass is 35.5. The maximum Gasteiger partial charge on any atom is 0.335 e. The van der Waals surface area contributed by atoms with E-state index in [2.05, 4.69) is 16.0 Å². The van der Waals surface area contributed by atoms with Crippen molar-refractivity contribution in [1.29, 1.82) is 0 Å². The Hall–Kier alpha value is -5.64. The molecule has 1 atom stereocenters. The molecule has 0 spiro atoms. The van der Waals surface area contributed by atoms with E-state index in [1.165, 1.54) is 30.0 Å². The zero-order valence-electron chi connectivity index (χ0n) is 24.7. The van der Waals surface area contributed by atoms with E-state index in [-0.39, 0.29) is 17.2 Å². The molecule has 0 saturated heterocycles. The standard InChI is InChI=1S/C37H28ClN3O5S/c38-31-14-8-7-13-27(31)23-32(41-34(42)25-11-5-2-6-12-25)35(43)39-29-19-21-30(22-20-29)47-33(24-9-3-1-4-10-24)36(44)40-28-17-15-26(16-18-28)37(45)46/h1-23,33H,(H,39,43)(H,40,44)(H,41,42)(H,45,46)/b32-23-. The molecule has 0 aromatic heterocycles. The first-order chi connectivity index (χ1) is 22.8. The molecule has 8 nitrogen and oxygen atoms in total. The van der Waals surface area contributed by atoms with Crippen molar-refractivity contribution in [3.8, 4) is 0 Å². The number of carbonyl (C=O) groups is 4. The minimum atomic E-state index is -1.05. The Bertz CT molecular complexity index is 1920. The zero-order chi connectivity index (χ0) is 33.2. The van der Waals surface area contributed by atoms with Crippen molar-refractivity contribution in [2.75, 3.05) is 10.6 Å². The van der Waals surface area contributed by atoms with Crippen molar-refractivity contribution < 1.29 is 24.3 Å². The molecule has 1 unspecified atom stereocenters. The van der Waals surface area contributed by atoms with Crippen LogP contribution in [-0.4, -0.2) is 28.8 Å². The molecular formula is C37H28ClN3O5S. The molecule has 0 bridgehead atoms. The average Bonchev–Trinajstić information content (AvgIpc) is 3.09. The van der Waals surface area contributed by atoms with Crippen LogP contribution in [-0.2, 0) is 9.59 Å². The third-order valence-corrected chi connectivity index (χ3v) is 8.45. The van der Waals surface area contributed by atoms with Gasteiger partial charge in [0.2, 0.25) is 5.91 Å². The largest absolute Gasteiger partial charge is 0.478 e. The van der Waals surface area contributed by atoms with E-state index in [1.807, 2.05) is 30.3 Å². The van der Waals surface area contributed by atoms with Gasteiger partial charge in [0, 0.05) is 26.9 Å². The summed E-state index contributed by atoms with van der Waals surface area (Å²) in [7, 11) is 0. The molecule has 5 aromatic carbocycles. The smallest absolute Gasteiger partial charge is 0.335 e. The molecule has 47 heavy (non-hydrogen) atoms. The molecule has 234 valence electrons. The summed E-state index contributed by atoms with van der Waals surface area (Å²) in [5.41, 5.74) is 2.79. The molecule has 0 heterocycles. The number of carboxylic acids is 1. The number of nitrogens with one attached hydrogen (secondary N) is 3. The quantitative estimate of drug-likeness (QED) is 0.0842. The molecule has 4 N–H and O–H groups in total. The number of benzene rings is 5. The van der Waals surface area contributed by atoms with Crippen molar-refractivity contribution in [3.63, 3.8) is 0 Å². The summed E-state index contributed by atoms with van der Waals surface area (Å²) in [4.78, 5) is 51.8. The fourth-order valence-corrected chi connectivity index (χ4v) is 5.66. The van der Waals surface area contributed by atoms with E-state index < -0.39 is 23.0 Å². The fraction of sp³-hybridized carbons (Fsp3) is 0.0270. The van der Waals surface area contributed by atoms with E-state index >= 15 is 0 Å².